The number of nitrogens with one attached hydrogen (secondary N) is 1. The molecule has 0 aliphatic carbocycles. The van der Waals surface area contributed by atoms with Crippen molar-refractivity contribution in [2.24, 2.45) is 5.41 Å². The van der Waals surface area contributed by atoms with Crippen LogP contribution in [-0.4, -0.2) is 31.1 Å². The molecular formula is C17H27BrN2. The van der Waals surface area contributed by atoms with E-state index in [1.807, 2.05) is 0 Å². The fourth-order valence-corrected chi connectivity index (χ4v) is 3.50. The molecule has 1 fully saturated rings. The van der Waals surface area contributed by atoms with E-state index in [-0.39, 0.29) is 0 Å². The van der Waals surface area contributed by atoms with E-state index < -0.39 is 0 Å². The first kappa shape index (κ1) is 16.0. The minimum Gasteiger partial charge on any atom is -0.310 e. The summed E-state index contributed by atoms with van der Waals surface area (Å²) in [6, 6.07) is 9.15. The van der Waals surface area contributed by atoms with Gasteiger partial charge in [-0.05, 0) is 55.6 Å². The van der Waals surface area contributed by atoms with E-state index in [2.05, 4.69) is 71.2 Å². The van der Waals surface area contributed by atoms with Crippen molar-refractivity contribution in [1.29, 1.82) is 0 Å². The summed E-state index contributed by atoms with van der Waals surface area (Å²) in [5.41, 5.74) is 1.89. The Hall–Kier alpha value is -0.380. The normalized spacial score (nSPS) is 20.2. The van der Waals surface area contributed by atoms with Crippen molar-refractivity contribution in [2.75, 3.05) is 26.2 Å². The van der Waals surface area contributed by atoms with Gasteiger partial charge in [-0.25, -0.2) is 0 Å². The largest absolute Gasteiger partial charge is 0.310 e. The average Bonchev–Trinajstić information content (AvgIpc) is 2.74. The first-order chi connectivity index (χ1) is 9.50. The van der Waals surface area contributed by atoms with Gasteiger partial charge in [-0.3, -0.25) is 0 Å². The van der Waals surface area contributed by atoms with Gasteiger partial charge in [0.25, 0.3) is 0 Å². The molecule has 1 saturated heterocycles. The van der Waals surface area contributed by atoms with Crippen LogP contribution in [0.2, 0.25) is 0 Å². The molecular weight excluding hydrogens is 312 g/mol. The lowest BCUT2D eigenvalue weighted by Crippen LogP contribution is -2.29. The van der Waals surface area contributed by atoms with Crippen LogP contribution in [0.3, 0.4) is 0 Å². The molecule has 0 saturated carbocycles. The van der Waals surface area contributed by atoms with Gasteiger partial charge in [-0.1, -0.05) is 48.8 Å². The Morgan fingerprint density at radius 2 is 2.20 bits per heavy atom. The SMILES string of the molecule is CCNC(CCN1CCC(C)(C)C1)c1cccc(Br)c1. The molecule has 2 rings (SSSR count). The van der Waals surface area contributed by atoms with Crippen LogP contribution in [0.15, 0.2) is 28.7 Å². The van der Waals surface area contributed by atoms with Gasteiger partial charge in [-0.2, -0.15) is 0 Å². The van der Waals surface area contributed by atoms with Gasteiger partial charge in [0.15, 0.2) is 0 Å². The molecule has 1 heterocycles. The Labute approximate surface area is 132 Å². The number of hydrogen-bond acceptors (Lipinski definition) is 2. The molecule has 1 N–H and O–H groups in total. The van der Waals surface area contributed by atoms with Crippen molar-refractivity contribution in [2.45, 2.75) is 39.7 Å². The molecule has 3 heteroatoms. The van der Waals surface area contributed by atoms with Crippen molar-refractivity contribution in [3.8, 4) is 0 Å². The van der Waals surface area contributed by atoms with Crippen LogP contribution in [0.5, 0.6) is 0 Å². The van der Waals surface area contributed by atoms with E-state index in [9.17, 15) is 0 Å². The summed E-state index contributed by atoms with van der Waals surface area (Å²) >= 11 is 3.58. The van der Waals surface area contributed by atoms with E-state index in [0.29, 0.717) is 11.5 Å². The topological polar surface area (TPSA) is 15.3 Å². The third-order valence-electron chi connectivity index (χ3n) is 4.19. The predicted octanol–water partition coefficient (Wildman–Crippen LogP) is 4.22. The van der Waals surface area contributed by atoms with Crippen molar-refractivity contribution >= 4 is 15.9 Å². The lowest BCUT2D eigenvalue weighted by atomic mass is 9.93. The molecule has 0 aromatic heterocycles. The van der Waals surface area contributed by atoms with E-state index in [4.69, 9.17) is 0 Å². The minimum atomic E-state index is 0.459. The molecule has 0 radical (unpaired) electrons. The van der Waals surface area contributed by atoms with Crippen LogP contribution in [0.25, 0.3) is 0 Å². The van der Waals surface area contributed by atoms with Gasteiger partial charge in [0, 0.05) is 17.1 Å². The van der Waals surface area contributed by atoms with E-state index >= 15 is 0 Å². The van der Waals surface area contributed by atoms with Gasteiger partial charge in [0.05, 0.1) is 0 Å². The smallest absolute Gasteiger partial charge is 0.0332 e. The summed E-state index contributed by atoms with van der Waals surface area (Å²) in [5, 5.41) is 3.62. The third kappa shape index (κ3) is 4.57. The average molecular weight is 339 g/mol. The molecule has 2 nitrogen and oxygen atoms in total. The summed E-state index contributed by atoms with van der Waals surface area (Å²) in [4.78, 5) is 2.61. The number of benzene rings is 1. The zero-order valence-electron chi connectivity index (χ0n) is 13.0. The highest BCUT2D eigenvalue weighted by Gasteiger charge is 2.29. The lowest BCUT2D eigenvalue weighted by molar-refractivity contribution is 0.274. The third-order valence-corrected chi connectivity index (χ3v) is 4.69. The predicted molar refractivity (Wildman–Crippen MR) is 90.0 cm³/mol. The number of rotatable bonds is 6. The Kier molecular flexibility index (Phi) is 5.65. The van der Waals surface area contributed by atoms with Gasteiger partial charge in [0.2, 0.25) is 0 Å². The summed E-state index contributed by atoms with van der Waals surface area (Å²) in [6.45, 7) is 11.6. The Morgan fingerprint density at radius 3 is 2.80 bits per heavy atom. The highest BCUT2D eigenvalue weighted by Crippen LogP contribution is 2.29. The van der Waals surface area contributed by atoms with Gasteiger partial charge in [0.1, 0.15) is 0 Å². The second-order valence-corrected chi connectivity index (χ2v) is 7.56. The fraction of sp³-hybridized carbons (Fsp3) is 0.647. The Bertz CT molecular complexity index is 431. The Morgan fingerprint density at radius 1 is 1.40 bits per heavy atom. The van der Waals surface area contributed by atoms with Crippen LogP contribution in [0.4, 0.5) is 0 Å². The zero-order chi connectivity index (χ0) is 14.6. The molecule has 0 bridgehead atoms. The van der Waals surface area contributed by atoms with Crippen molar-refractivity contribution in [3.63, 3.8) is 0 Å². The second-order valence-electron chi connectivity index (χ2n) is 6.64. The van der Waals surface area contributed by atoms with E-state index in [1.165, 1.54) is 42.5 Å². The number of likely N-dealkylation sites (tertiary alicyclic amines) is 1. The van der Waals surface area contributed by atoms with Crippen LogP contribution >= 0.6 is 15.9 Å². The first-order valence-corrected chi connectivity index (χ1v) is 8.51. The first-order valence-electron chi connectivity index (χ1n) is 7.71. The monoisotopic (exact) mass is 338 g/mol. The molecule has 0 spiro atoms. The zero-order valence-corrected chi connectivity index (χ0v) is 14.5. The molecule has 1 aromatic rings. The quantitative estimate of drug-likeness (QED) is 0.835. The number of hydrogen-bond donors (Lipinski definition) is 1. The summed E-state index contributed by atoms with van der Waals surface area (Å²) in [7, 11) is 0. The molecule has 1 unspecified atom stereocenters. The molecule has 112 valence electrons. The van der Waals surface area contributed by atoms with E-state index in [0.717, 1.165) is 6.54 Å². The standard InChI is InChI=1S/C17H27BrN2/c1-4-19-16(14-6-5-7-15(18)12-14)8-10-20-11-9-17(2,3)13-20/h5-7,12,16,19H,4,8-11,13H2,1-3H3. The Balaban J connectivity index is 1.93. The van der Waals surface area contributed by atoms with Crippen molar-refractivity contribution in [1.82, 2.24) is 10.2 Å². The highest BCUT2D eigenvalue weighted by molar-refractivity contribution is 9.10. The number of halogens is 1. The van der Waals surface area contributed by atoms with Gasteiger partial charge < -0.3 is 10.2 Å². The molecule has 1 aliphatic rings. The molecule has 1 aliphatic heterocycles. The van der Waals surface area contributed by atoms with E-state index in [1.54, 1.807) is 0 Å². The highest BCUT2D eigenvalue weighted by atomic mass is 79.9. The summed E-state index contributed by atoms with van der Waals surface area (Å²) in [5.74, 6) is 0. The lowest BCUT2D eigenvalue weighted by Gasteiger charge is -2.24. The van der Waals surface area contributed by atoms with Crippen molar-refractivity contribution in [3.05, 3.63) is 34.3 Å². The fourth-order valence-electron chi connectivity index (χ4n) is 3.08. The van der Waals surface area contributed by atoms with Crippen LogP contribution in [0.1, 0.15) is 45.2 Å². The number of nitrogens with zero attached hydrogens (tertiary/aromatic N) is 1. The second kappa shape index (κ2) is 7.06. The maximum atomic E-state index is 3.62. The molecule has 20 heavy (non-hydrogen) atoms. The van der Waals surface area contributed by atoms with Gasteiger partial charge >= 0.3 is 0 Å². The minimum absolute atomic E-state index is 0.459. The summed E-state index contributed by atoms with van der Waals surface area (Å²) < 4.78 is 1.17. The van der Waals surface area contributed by atoms with Gasteiger partial charge in [-0.15, -0.1) is 0 Å². The van der Waals surface area contributed by atoms with Crippen LogP contribution in [0, 0.1) is 5.41 Å². The van der Waals surface area contributed by atoms with Crippen molar-refractivity contribution < 1.29 is 0 Å². The molecule has 1 atom stereocenters. The maximum Gasteiger partial charge on any atom is 0.0332 e. The molecule has 1 aromatic carbocycles. The summed E-state index contributed by atoms with van der Waals surface area (Å²) in [6.07, 6.45) is 2.51. The van der Waals surface area contributed by atoms with Crippen LogP contribution < -0.4 is 5.32 Å². The maximum absolute atomic E-state index is 3.62. The molecule has 0 amide bonds. The van der Waals surface area contributed by atoms with Crippen LogP contribution in [-0.2, 0) is 0 Å².